The maximum Gasteiger partial charge on any atom is 0.135 e. The smallest absolute Gasteiger partial charge is 0.135 e. The minimum Gasteiger partial charge on any atom is -0.457 e. The second-order valence-corrected chi connectivity index (χ2v) is 30.7. The van der Waals surface area contributed by atoms with E-state index < -0.39 is 5.41 Å². The summed E-state index contributed by atoms with van der Waals surface area (Å²) in [5, 5.41) is 0. The summed E-state index contributed by atoms with van der Waals surface area (Å²) in [7, 11) is 0. The number of hydrogen-bond donors (Lipinski definition) is 0. The van der Waals surface area contributed by atoms with Crippen molar-refractivity contribution in [1.82, 2.24) is 0 Å². The summed E-state index contributed by atoms with van der Waals surface area (Å²) in [6.07, 6.45) is 0. The number of fused-ring (bicyclic) bond motifs is 9. The van der Waals surface area contributed by atoms with Crippen LogP contribution in [0, 0.1) is 0 Å². The third kappa shape index (κ3) is 13.6. The van der Waals surface area contributed by atoms with Crippen LogP contribution in [-0.2, 0) is 5.41 Å². The van der Waals surface area contributed by atoms with E-state index in [9.17, 15) is 0 Å². The molecular weight excluding hydrogens is 1480 g/mol. The first-order valence-corrected chi connectivity index (χ1v) is 41.5. The first kappa shape index (κ1) is 73.4. The van der Waals surface area contributed by atoms with Gasteiger partial charge in [-0.05, 0) is 166 Å². The van der Waals surface area contributed by atoms with Crippen molar-refractivity contribution in [3.63, 3.8) is 0 Å². The predicted octanol–water partition coefficient (Wildman–Crippen LogP) is 32.0. The van der Waals surface area contributed by atoms with Gasteiger partial charge >= 0.3 is 0 Å². The number of anilines is 15. The minimum absolute atomic E-state index is 0.589. The lowest BCUT2D eigenvalue weighted by molar-refractivity contribution is 0.427. The molecular formula is C115H81N5O2. The zero-order chi connectivity index (χ0) is 81.1. The molecule has 578 valence electrons. The highest BCUT2D eigenvalue weighted by molar-refractivity contribution is 6.01. The van der Waals surface area contributed by atoms with Gasteiger partial charge in [-0.3, -0.25) is 0 Å². The van der Waals surface area contributed by atoms with Crippen LogP contribution in [0.25, 0.3) is 55.6 Å². The van der Waals surface area contributed by atoms with Gasteiger partial charge in [0, 0.05) is 97.5 Å². The van der Waals surface area contributed by atoms with Crippen molar-refractivity contribution < 1.29 is 9.47 Å². The third-order valence-corrected chi connectivity index (χ3v) is 23.4. The number of ether oxygens (including phenoxy) is 2. The molecule has 0 bridgehead atoms. The van der Waals surface area contributed by atoms with Crippen LogP contribution in [0.3, 0.4) is 0 Å². The third-order valence-electron chi connectivity index (χ3n) is 23.4. The van der Waals surface area contributed by atoms with Crippen molar-refractivity contribution in [2.45, 2.75) is 5.41 Å². The Bertz CT molecular complexity index is 6520. The maximum atomic E-state index is 7.95. The molecule has 0 N–H and O–H groups in total. The van der Waals surface area contributed by atoms with Crippen LogP contribution in [0.2, 0.25) is 0 Å². The molecule has 0 amide bonds. The fraction of sp³-hybridized carbons (Fsp3) is 0.00870. The normalized spacial score (nSPS) is 11.9. The lowest BCUT2D eigenvalue weighted by atomic mass is 9.66. The van der Waals surface area contributed by atoms with Crippen LogP contribution in [0.15, 0.2) is 491 Å². The quantitative estimate of drug-likeness (QED) is 0.0709. The molecule has 2 aliphatic rings. The molecule has 1 heterocycles. The Morgan fingerprint density at radius 2 is 0.459 bits per heavy atom. The zero-order valence-electron chi connectivity index (χ0n) is 66.8. The van der Waals surface area contributed by atoms with E-state index in [2.05, 4.69) is 516 Å². The van der Waals surface area contributed by atoms with E-state index in [0.717, 1.165) is 152 Å². The minimum atomic E-state index is -0.877. The molecule has 7 nitrogen and oxygen atoms in total. The van der Waals surface area contributed by atoms with Crippen LogP contribution in [0.1, 0.15) is 22.3 Å². The van der Waals surface area contributed by atoms with Gasteiger partial charge in [0.2, 0.25) is 0 Å². The Morgan fingerprint density at radius 3 is 0.844 bits per heavy atom. The molecule has 122 heavy (non-hydrogen) atoms. The van der Waals surface area contributed by atoms with Crippen molar-refractivity contribution in [3.8, 4) is 78.6 Å². The molecule has 0 radical (unpaired) electrons. The molecule has 0 fully saturated rings. The second kappa shape index (κ2) is 32.3. The highest BCUT2D eigenvalue weighted by atomic mass is 16.5. The van der Waals surface area contributed by atoms with Crippen molar-refractivity contribution in [1.29, 1.82) is 0 Å². The van der Waals surface area contributed by atoms with Crippen molar-refractivity contribution >= 4 is 85.3 Å². The van der Waals surface area contributed by atoms with Gasteiger partial charge in [-0.15, -0.1) is 0 Å². The van der Waals surface area contributed by atoms with E-state index in [4.69, 9.17) is 9.47 Å². The van der Waals surface area contributed by atoms with E-state index in [1.807, 2.05) is 0 Å². The van der Waals surface area contributed by atoms with Crippen LogP contribution >= 0.6 is 0 Å². The lowest BCUT2D eigenvalue weighted by Crippen LogP contribution is -2.32. The van der Waals surface area contributed by atoms with E-state index in [-0.39, 0.29) is 0 Å². The Labute approximate surface area is 712 Å². The van der Waals surface area contributed by atoms with Gasteiger partial charge in [0.25, 0.3) is 0 Å². The number of para-hydroxylation sites is 9. The topological polar surface area (TPSA) is 34.7 Å². The summed E-state index contributed by atoms with van der Waals surface area (Å²) in [5.74, 6) is 2.55. The molecule has 0 aromatic heterocycles. The summed E-state index contributed by atoms with van der Waals surface area (Å²) in [6.45, 7) is 0. The monoisotopic (exact) mass is 1560 g/mol. The van der Waals surface area contributed by atoms with Gasteiger partial charge in [0.15, 0.2) is 0 Å². The first-order chi connectivity index (χ1) is 60.5. The van der Waals surface area contributed by atoms with Gasteiger partial charge in [-0.1, -0.05) is 346 Å². The predicted molar refractivity (Wildman–Crippen MR) is 505 cm³/mol. The molecule has 0 atom stereocenters. The highest BCUT2D eigenvalue weighted by Crippen LogP contribution is 2.64. The summed E-state index contributed by atoms with van der Waals surface area (Å²) in [5.41, 5.74) is 28.7. The number of hydrogen-bond acceptors (Lipinski definition) is 7. The molecule has 0 unspecified atom stereocenters. The Morgan fingerprint density at radius 1 is 0.172 bits per heavy atom. The van der Waals surface area contributed by atoms with Crippen LogP contribution < -0.4 is 34.0 Å². The van der Waals surface area contributed by atoms with Crippen LogP contribution in [-0.4, -0.2) is 0 Å². The second-order valence-electron chi connectivity index (χ2n) is 30.7. The molecule has 0 saturated carbocycles. The van der Waals surface area contributed by atoms with Crippen LogP contribution in [0.4, 0.5) is 85.3 Å². The van der Waals surface area contributed by atoms with Gasteiger partial charge in [0.05, 0.1) is 50.9 Å². The summed E-state index contributed by atoms with van der Waals surface area (Å²) >= 11 is 0. The molecule has 7 heteroatoms. The van der Waals surface area contributed by atoms with Crippen molar-refractivity contribution in [2.75, 3.05) is 24.5 Å². The first-order valence-electron chi connectivity index (χ1n) is 41.5. The van der Waals surface area contributed by atoms with Crippen LogP contribution in [0.5, 0.6) is 23.0 Å². The summed E-state index contributed by atoms with van der Waals surface area (Å²) < 4.78 is 15.7. The average molecular weight is 1560 g/mol. The summed E-state index contributed by atoms with van der Waals surface area (Å²) in [4.78, 5) is 12.0. The molecule has 1 aliphatic carbocycles. The fourth-order valence-electron chi connectivity index (χ4n) is 18.2. The molecule has 1 spiro atoms. The standard InChI is InChI=1S/C115H81N5O2/c1-11-40-82(41-12-1)100-60-33-37-68-110(100)118(90-56-27-9-28-57-90)96-77-97(119(91-58-29-10-30-59-91)111-69-38-34-61-101(111)83-42-13-2-14-43-83)79-99(78-96)121-98-71-73-109-113(81-98)122-112-80-92(70-72-108(112)115(109)106-66-35-31-62-104(106)105-63-32-36-67-107(105)115)120(114-102(84-44-15-3-16-45-84)64-39-65-103(114)85-46-17-4-18-47-85)95-75-93(116(86-48-19-5-20-49-86)87-50-21-6-22-51-87)74-94(76-95)117(88-52-23-7-24-53-88)89-54-25-8-26-55-89/h1-81H. The highest BCUT2D eigenvalue weighted by Gasteiger charge is 2.51. The molecule has 1 aliphatic heterocycles. The number of benzene rings is 19. The SMILES string of the molecule is c1ccc(-c2ccccc2N(c2ccccc2)c2cc(Oc3ccc4c(c3)Oc3cc(N(c5cc(N(c6ccccc6)c6ccccc6)cc(N(c6ccccc6)c6ccccc6)c5)c5c(-c6ccccc6)cccc5-c5ccccc5)ccc3C43c4ccccc4-c4ccccc43)cc(N(c3ccccc3)c3ccccc3-c3ccccc3)c2)cc1. The van der Waals surface area contributed by atoms with Gasteiger partial charge in [0.1, 0.15) is 23.0 Å². The molecule has 0 saturated heterocycles. The average Bonchev–Trinajstić information content (AvgIpc) is 1.50. The van der Waals surface area contributed by atoms with E-state index in [1.54, 1.807) is 0 Å². The van der Waals surface area contributed by atoms with E-state index in [0.29, 0.717) is 23.0 Å². The zero-order valence-corrected chi connectivity index (χ0v) is 66.8. The molecule has 19 aromatic carbocycles. The van der Waals surface area contributed by atoms with Gasteiger partial charge in [-0.25, -0.2) is 0 Å². The van der Waals surface area contributed by atoms with Crippen molar-refractivity contribution in [3.05, 3.63) is 514 Å². The van der Waals surface area contributed by atoms with E-state index in [1.165, 1.54) is 11.1 Å². The lowest BCUT2D eigenvalue weighted by Gasteiger charge is -2.40. The van der Waals surface area contributed by atoms with Crippen molar-refractivity contribution in [2.24, 2.45) is 0 Å². The maximum absolute atomic E-state index is 7.95. The Hall–Kier alpha value is -16.2. The number of rotatable bonds is 21. The van der Waals surface area contributed by atoms with Gasteiger partial charge in [-0.2, -0.15) is 0 Å². The molecule has 21 rings (SSSR count). The number of nitrogens with zero attached hydrogens (tertiary/aromatic N) is 5. The molecule has 19 aromatic rings. The largest absolute Gasteiger partial charge is 0.457 e. The Kier molecular flexibility index (Phi) is 19.5. The fourth-order valence-corrected chi connectivity index (χ4v) is 18.2. The Balaban J connectivity index is 0.803. The van der Waals surface area contributed by atoms with E-state index >= 15 is 0 Å². The summed E-state index contributed by atoms with van der Waals surface area (Å²) in [6, 6.07) is 176. The van der Waals surface area contributed by atoms with Gasteiger partial charge < -0.3 is 34.0 Å².